The second-order valence-electron chi connectivity index (χ2n) is 5.86. The van der Waals surface area contributed by atoms with Crippen LogP contribution in [0.2, 0.25) is 0 Å². The van der Waals surface area contributed by atoms with E-state index in [0.29, 0.717) is 5.56 Å². The van der Waals surface area contributed by atoms with Crippen molar-refractivity contribution in [3.05, 3.63) is 63.7 Å². The Bertz CT molecular complexity index is 788. The first-order valence-corrected chi connectivity index (χ1v) is 7.83. The molecule has 2 aromatic rings. The molecule has 0 saturated carbocycles. The summed E-state index contributed by atoms with van der Waals surface area (Å²) in [7, 11) is 0. The molecule has 122 valence electrons. The molecule has 0 aromatic heterocycles. The predicted octanol–water partition coefficient (Wildman–Crippen LogP) is 3.10. The molecule has 3 rings (SSSR count). The molecule has 1 aliphatic heterocycles. The van der Waals surface area contributed by atoms with Gasteiger partial charge in [-0.15, -0.1) is 0 Å². The number of anilines is 2. The highest BCUT2D eigenvalue weighted by Gasteiger charge is 2.20. The molecular weight excluding hydrogens is 304 g/mol. The van der Waals surface area contributed by atoms with Crippen molar-refractivity contribution in [2.75, 3.05) is 36.0 Å². The molecule has 0 radical (unpaired) electrons. The van der Waals surface area contributed by atoms with Crippen LogP contribution in [0, 0.1) is 28.4 Å². The maximum absolute atomic E-state index is 10.9. The fourth-order valence-electron chi connectivity index (χ4n) is 3.06. The molecule has 24 heavy (non-hydrogen) atoms. The summed E-state index contributed by atoms with van der Waals surface area (Å²) < 4.78 is 0. The van der Waals surface area contributed by atoms with E-state index in [0.717, 1.165) is 43.1 Å². The van der Waals surface area contributed by atoms with Gasteiger partial charge in [0.25, 0.3) is 5.69 Å². The Morgan fingerprint density at radius 1 is 1.04 bits per heavy atom. The Kier molecular flexibility index (Phi) is 4.34. The van der Waals surface area contributed by atoms with E-state index in [1.54, 1.807) is 12.1 Å². The van der Waals surface area contributed by atoms with Gasteiger partial charge in [-0.05, 0) is 42.8 Å². The number of nitro benzene ring substituents is 1. The van der Waals surface area contributed by atoms with Gasteiger partial charge in [0.2, 0.25) is 0 Å². The van der Waals surface area contributed by atoms with Gasteiger partial charge in [-0.25, -0.2) is 0 Å². The summed E-state index contributed by atoms with van der Waals surface area (Å²) in [5.74, 6) is 0. The summed E-state index contributed by atoms with van der Waals surface area (Å²) in [4.78, 5) is 15.0. The van der Waals surface area contributed by atoms with Gasteiger partial charge in [-0.3, -0.25) is 10.1 Å². The molecule has 6 heteroatoms. The van der Waals surface area contributed by atoms with Gasteiger partial charge in [-0.2, -0.15) is 5.26 Å². The SMILES string of the molecule is Cc1cc([N+](=O)[O-])ccc1N1CCN(c2ccc(C#N)cc2)CC1. The average Bonchev–Trinajstić information content (AvgIpc) is 2.62. The fourth-order valence-corrected chi connectivity index (χ4v) is 3.06. The monoisotopic (exact) mass is 322 g/mol. The second kappa shape index (κ2) is 6.59. The summed E-state index contributed by atoms with van der Waals surface area (Å²) in [6, 6.07) is 14.8. The van der Waals surface area contributed by atoms with Gasteiger partial charge in [0.15, 0.2) is 0 Å². The molecule has 0 amide bonds. The number of aryl methyl sites for hydroxylation is 1. The van der Waals surface area contributed by atoms with E-state index in [1.807, 2.05) is 37.3 Å². The topological polar surface area (TPSA) is 73.4 Å². The number of nitrogens with zero attached hydrogens (tertiary/aromatic N) is 4. The van der Waals surface area contributed by atoms with E-state index in [2.05, 4.69) is 15.9 Å². The third-order valence-electron chi connectivity index (χ3n) is 4.37. The molecule has 0 aliphatic carbocycles. The highest BCUT2D eigenvalue weighted by Crippen LogP contribution is 2.26. The van der Waals surface area contributed by atoms with Gasteiger partial charge in [0, 0.05) is 49.7 Å². The van der Waals surface area contributed by atoms with Crippen molar-refractivity contribution in [3.63, 3.8) is 0 Å². The molecule has 1 fully saturated rings. The lowest BCUT2D eigenvalue weighted by molar-refractivity contribution is -0.384. The van der Waals surface area contributed by atoms with Gasteiger partial charge in [-0.1, -0.05) is 0 Å². The Labute approximate surface area is 140 Å². The number of non-ortho nitro benzene ring substituents is 1. The molecule has 2 aromatic carbocycles. The summed E-state index contributed by atoms with van der Waals surface area (Å²) in [5, 5.41) is 19.7. The van der Waals surface area contributed by atoms with Crippen LogP contribution in [0.3, 0.4) is 0 Å². The van der Waals surface area contributed by atoms with E-state index in [9.17, 15) is 10.1 Å². The van der Waals surface area contributed by atoms with Crippen molar-refractivity contribution in [2.45, 2.75) is 6.92 Å². The number of nitro groups is 1. The lowest BCUT2D eigenvalue weighted by Crippen LogP contribution is -2.46. The quantitative estimate of drug-likeness (QED) is 0.641. The van der Waals surface area contributed by atoms with Crippen LogP contribution in [0.15, 0.2) is 42.5 Å². The zero-order valence-electron chi connectivity index (χ0n) is 13.5. The van der Waals surface area contributed by atoms with Crippen molar-refractivity contribution in [2.24, 2.45) is 0 Å². The maximum Gasteiger partial charge on any atom is 0.269 e. The van der Waals surface area contributed by atoms with Crippen molar-refractivity contribution in [1.82, 2.24) is 0 Å². The number of hydrogen-bond acceptors (Lipinski definition) is 5. The number of piperazine rings is 1. The van der Waals surface area contributed by atoms with Crippen molar-refractivity contribution < 1.29 is 4.92 Å². The Balaban J connectivity index is 1.68. The highest BCUT2D eigenvalue weighted by atomic mass is 16.6. The van der Waals surface area contributed by atoms with Crippen LogP contribution >= 0.6 is 0 Å². The number of benzene rings is 2. The van der Waals surface area contributed by atoms with Crippen molar-refractivity contribution >= 4 is 17.1 Å². The first-order chi connectivity index (χ1) is 11.6. The molecule has 0 atom stereocenters. The molecule has 1 saturated heterocycles. The molecule has 1 heterocycles. The molecule has 0 unspecified atom stereocenters. The van der Waals surface area contributed by atoms with Crippen LogP contribution in [0.5, 0.6) is 0 Å². The van der Waals surface area contributed by atoms with E-state index in [1.165, 1.54) is 0 Å². The summed E-state index contributed by atoms with van der Waals surface area (Å²) in [5.41, 5.74) is 3.90. The third-order valence-corrected chi connectivity index (χ3v) is 4.37. The van der Waals surface area contributed by atoms with E-state index < -0.39 is 0 Å². The molecular formula is C18H18N4O2. The summed E-state index contributed by atoms with van der Waals surface area (Å²) in [6.45, 7) is 5.39. The summed E-state index contributed by atoms with van der Waals surface area (Å²) in [6.07, 6.45) is 0. The Hall–Kier alpha value is -3.07. The van der Waals surface area contributed by atoms with E-state index in [-0.39, 0.29) is 10.6 Å². The Morgan fingerprint density at radius 2 is 1.67 bits per heavy atom. The van der Waals surface area contributed by atoms with Gasteiger partial charge in [0.05, 0.1) is 16.6 Å². The average molecular weight is 322 g/mol. The van der Waals surface area contributed by atoms with Crippen LogP contribution in [0.1, 0.15) is 11.1 Å². The van der Waals surface area contributed by atoms with Gasteiger partial charge in [0.1, 0.15) is 0 Å². The number of hydrogen-bond donors (Lipinski definition) is 0. The molecule has 0 spiro atoms. The van der Waals surface area contributed by atoms with Crippen LogP contribution in [-0.2, 0) is 0 Å². The van der Waals surface area contributed by atoms with Gasteiger partial charge >= 0.3 is 0 Å². The number of nitriles is 1. The first-order valence-electron chi connectivity index (χ1n) is 7.83. The fraction of sp³-hybridized carbons (Fsp3) is 0.278. The first kappa shape index (κ1) is 15.8. The highest BCUT2D eigenvalue weighted by molar-refractivity contribution is 5.59. The second-order valence-corrected chi connectivity index (χ2v) is 5.86. The van der Waals surface area contributed by atoms with E-state index >= 15 is 0 Å². The molecule has 6 nitrogen and oxygen atoms in total. The maximum atomic E-state index is 10.9. The largest absolute Gasteiger partial charge is 0.368 e. The molecule has 0 bridgehead atoms. The summed E-state index contributed by atoms with van der Waals surface area (Å²) >= 11 is 0. The smallest absolute Gasteiger partial charge is 0.269 e. The lowest BCUT2D eigenvalue weighted by atomic mass is 10.1. The zero-order valence-corrected chi connectivity index (χ0v) is 13.5. The standard InChI is InChI=1S/C18H18N4O2/c1-14-12-17(22(23)24)6-7-18(14)21-10-8-20(9-11-21)16-4-2-15(13-19)3-5-16/h2-7,12H,8-11H2,1H3. The van der Waals surface area contributed by atoms with Crippen LogP contribution in [0.4, 0.5) is 17.1 Å². The zero-order chi connectivity index (χ0) is 17.1. The van der Waals surface area contributed by atoms with Crippen LogP contribution in [0.25, 0.3) is 0 Å². The molecule has 1 aliphatic rings. The lowest BCUT2D eigenvalue weighted by Gasteiger charge is -2.38. The predicted molar refractivity (Wildman–Crippen MR) is 93.4 cm³/mol. The normalized spacial score (nSPS) is 14.3. The van der Waals surface area contributed by atoms with Crippen molar-refractivity contribution in [3.8, 4) is 6.07 Å². The van der Waals surface area contributed by atoms with Gasteiger partial charge < -0.3 is 9.80 Å². The minimum atomic E-state index is -0.361. The minimum Gasteiger partial charge on any atom is -0.368 e. The third kappa shape index (κ3) is 3.15. The van der Waals surface area contributed by atoms with Crippen LogP contribution < -0.4 is 9.80 Å². The van der Waals surface area contributed by atoms with E-state index in [4.69, 9.17) is 5.26 Å². The van der Waals surface area contributed by atoms with Crippen molar-refractivity contribution in [1.29, 1.82) is 5.26 Å². The number of rotatable bonds is 3. The molecule has 0 N–H and O–H groups in total. The van der Waals surface area contributed by atoms with Crippen LogP contribution in [-0.4, -0.2) is 31.1 Å². The minimum absolute atomic E-state index is 0.132. The Morgan fingerprint density at radius 3 is 2.21 bits per heavy atom.